The van der Waals surface area contributed by atoms with Crippen molar-refractivity contribution < 1.29 is 23.9 Å². The van der Waals surface area contributed by atoms with Gasteiger partial charge in [-0.3, -0.25) is 9.59 Å². The first kappa shape index (κ1) is 27.4. The van der Waals surface area contributed by atoms with Gasteiger partial charge in [0.25, 0.3) is 11.8 Å². The van der Waals surface area contributed by atoms with E-state index in [9.17, 15) is 14.4 Å². The van der Waals surface area contributed by atoms with Crippen molar-refractivity contribution in [2.45, 2.75) is 0 Å². The topological polar surface area (TPSA) is 106 Å². The average molecular weight is 562 g/mol. The highest BCUT2D eigenvalue weighted by Gasteiger charge is 2.16. The standard InChI is InChI=1S/C29H21Cl2N3O5/c1-38-21-13-10-18(11-14-21)27(35)33-25-8-4-3-7-23(25)28(36)34-32-17-19-6-2-5-9-26(19)39-29(37)22-15-12-20(30)16-24(22)31/h2-17H,1H3,(H,33,35)(H,34,36)/b32-17-. The van der Waals surface area contributed by atoms with Crippen molar-refractivity contribution in [2.75, 3.05) is 12.4 Å². The normalized spacial score (nSPS) is 10.6. The van der Waals surface area contributed by atoms with E-state index in [0.717, 1.165) is 0 Å². The predicted molar refractivity (Wildman–Crippen MR) is 150 cm³/mol. The molecule has 0 fully saturated rings. The number of benzene rings is 4. The van der Waals surface area contributed by atoms with Gasteiger partial charge >= 0.3 is 5.97 Å². The van der Waals surface area contributed by atoms with Gasteiger partial charge < -0.3 is 14.8 Å². The molecule has 39 heavy (non-hydrogen) atoms. The highest BCUT2D eigenvalue weighted by molar-refractivity contribution is 6.36. The lowest BCUT2D eigenvalue weighted by Gasteiger charge is -2.10. The molecule has 196 valence electrons. The summed E-state index contributed by atoms with van der Waals surface area (Å²) in [5.41, 5.74) is 3.91. The highest BCUT2D eigenvalue weighted by atomic mass is 35.5. The number of halogens is 2. The second-order valence-corrected chi connectivity index (χ2v) is 8.82. The molecular formula is C29H21Cl2N3O5. The van der Waals surface area contributed by atoms with Crippen LogP contribution < -0.4 is 20.2 Å². The van der Waals surface area contributed by atoms with Crippen molar-refractivity contribution >= 4 is 52.9 Å². The van der Waals surface area contributed by atoms with Gasteiger partial charge in [-0.2, -0.15) is 5.10 Å². The van der Waals surface area contributed by atoms with Crippen molar-refractivity contribution in [3.05, 3.63) is 123 Å². The Balaban J connectivity index is 1.44. The second-order valence-electron chi connectivity index (χ2n) is 7.98. The SMILES string of the molecule is COc1ccc(C(=O)Nc2ccccc2C(=O)N/N=C\c2ccccc2OC(=O)c2ccc(Cl)cc2Cl)cc1. The number of para-hydroxylation sites is 2. The zero-order valence-electron chi connectivity index (χ0n) is 20.5. The largest absolute Gasteiger partial charge is 0.497 e. The zero-order chi connectivity index (χ0) is 27.8. The number of hydrogen-bond donors (Lipinski definition) is 2. The number of nitrogens with zero attached hydrogens (tertiary/aromatic N) is 1. The van der Waals surface area contributed by atoms with Gasteiger partial charge in [0, 0.05) is 16.1 Å². The minimum atomic E-state index is -0.678. The third-order valence-corrected chi connectivity index (χ3v) is 5.96. The van der Waals surface area contributed by atoms with Gasteiger partial charge in [0.1, 0.15) is 11.5 Å². The van der Waals surface area contributed by atoms with Crippen LogP contribution in [0.5, 0.6) is 11.5 Å². The summed E-state index contributed by atoms with van der Waals surface area (Å²) in [6, 6.07) is 24.2. The molecule has 2 amide bonds. The smallest absolute Gasteiger partial charge is 0.345 e. The number of nitrogens with one attached hydrogen (secondary N) is 2. The fourth-order valence-corrected chi connectivity index (χ4v) is 3.92. The van der Waals surface area contributed by atoms with Crippen molar-refractivity contribution in [3.8, 4) is 11.5 Å². The summed E-state index contributed by atoms with van der Waals surface area (Å²) in [6.45, 7) is 0. The van der Waals surface area contributed by atoms with Crippen LogP contribution in [-0.2, 0) is 0 Å². The first-order valence-electron chi connectivity index (χ1n) is 11.5. The molecular weight excluding hydrogens is 541 g/mol. The summed E-state index contributed by atoms with van der Waals surface area (Å²) in [7, 11) is 1.54. The molecule has 8 nitrogen and oxygen atoms in total. The summed E-state index contributed by atoms with van der Waals surface area (Å²) in [5.74, 6) is -0.798. The van der Waals surface area contributed by atoms with E-state index in [0.29, 0.717) is 27.6 Å². The summed E-state index contributed by atoms with van der Waals surface area (Å²) in [5, 5.41) is 7.28. The Hall–Kier alpha value is -4.66. The van der Waals surface area contributed by atoms with E-state index in [1.165, 1.54) is 31.5 Å². The number of ether oxygens (including phenoxy) is 2. The Labute approximate surface area is 234 Å². The van der Waals surface area contributed by atoms with Gasteiger partial charge in [0.15, 0.2) is 0 Å². The summed E-state index contributed by atoms with van der Waals surface area (Å²) in [4.78, 5) is 38.2. The monoisotopic (exact) mass is 561 g/mol. The number of hydrazone groups is 1. The molecule has 4 aromatic carbocycles. The molecule has 0 aliphatic rings. The Bertz CT molecular complexity index is 1560. The minimum Gasteiger partial charge on any atom is -0.497 e. The molecule has 0 saturated carbocycles. The number of rotatable bonds is 8. The molecule has 2 N–H and O–H groups in total. The van der Waals surface area contributed by atoms with Crippen LogP contribution in [0.3, 0.4) is 0 Å². The summed E-state index contributed by atoms with van der Waals surface area (Å²) >= 11 is 12.0. The maximum absolute atomic E-state index is 12.9. The van der Waals surface area contributed by atoms with Crippen LogP contribution in [0.15, 0.2) is 96.1 Å². The number of carbonyl (C=O) groups is 3. The molecule has 0 aromatic heterocycles. The van der Waals surface area contributed by atoms with Crippen LogP contribution in [0.4, 0.5) is 5.69 Å². The van der Waals surface area contributed by atoms with E-state index in [1.54, 1.807) is 72.8 Å². The maximum Gasteiger partial charge on any atom is 0.345 e. The molecule has 4 aromatic rings. The fourth-order valence-electron chi connectivity index (χ4n) is 3.44. The molecule has 0 bridgehead atoms. The van der Waals surface area contributed by atoms with Gasteiger partial charge in [0.2, 0.25) is 0 Å². The number of hydrogen-bond acceptors (Lipinski definition) is 6. The van der Waals surface area contributed by atoms with Gasteiger partial charge in [-0.1, -0.05) is 47.5 Å². The van der Waals surface area contributed by atoms with E-state index in [4.69, 9.17) is 32.7 Å². The molecule has 0 aliphatic heterocycles. The lowest BCUT2D eigenvalue weighted by atomic mass is 10.1. The number of methoxy groups -OCH3 is 1. The van der Waals surface area contributed by atoms with Crippen molar-refractivity contribution in [3.63, 3.8) is 0 Å². The number of carbonyl (C=O) groups excluding carboxylic acids is 3. The average Bonchev–Trinajstić information content (AvgIpc) is 2.94. The second kappa shape index (κ2) is 12.7. The third kappa shape index (κ3) is 7.01. The Morgan fingerprint density at radius 3 is 2.28 bits per heavy atom. The van der Waals surface area contributed by atoms with Crippen LogP contribution in [0, 0.1) is 0 Å². The lowest BCUT2D eigenvalue weighted by molar-refractivity contribution is 0.0734. The Morgan fingerprint density at radius 2 is 1.54 bits per heavy atom. The van der Waals surface area contributed by atoms with E-state index in [2.05, 4.69) is 15.8 Å². The fraction of sp³-hybridized carbons (Fsp3) is 0.0345. The summed E-state index contributed by atoms with van der Waals surface area (Å²) in [6.07, 6.45) is 1.34. The van der Waals surface area contributed by atoms with Crippen LogP contribution >= 0.6 is 23.2 Å². The Morgan fingerprint density at radius 1 is 0.821 bits per heavy atom. The Kier molecular flexibility index (Phi) is 8.94. The molecule has 0 spiro atoms. The molecule has 0 radical (unpaired) electrons. The van der Waals surface area contributed by atoms with Gasteiger partial charge in [0.05, 0.1) is 35.2 Å². The van der Waals surface area contributed by atoms with Gasteiger partial charge in [-0.25, -0.2) is 10.2 Å². The first-order chi connectivity index (χ1) is 18.9. The predicted octanol–water partition coefficient (Wildman–Crippen LogP) is 6.24. The molecule has 10 heteroatoms. The van der Waals surface area contributed by atoms with E-state index < -0.39 is 17.8 Å². The first-order valence-corrected chi connectivity index (χ1v) is 12.3. The van der Waals surface area contributed by atoms with E-state index >= 15 is 0 Å². The molecule has 0 aliphatic carbocycles. The van der Waals surface area contributed by atoms with Crippen molar-refractivity contribution in [1.82, 2.24) is 5.43 Å². The maximum atomic E-state index is 12.9. The van der Waals surface area contributed by atoms with Crippen LogP contribution in [0.2, 0.25) is 10.0 Å². The number of anilines is 1. The number of amides is 2. The number of esters is 1. The van der Waals surface area contributed by atoms with Gasteiger partial charge in [-0.05, 0) is 66.7 Å². The molecule has 0 atom stereocenters. The van der Waals surface area contributed by atoms with Crippen LogP contribution in [0.1, 0.15) is 36.6 Å². The molecule has 0 saturated heterocycles. The third-order valence-electron chi connectivity index (χ3n) is 5.41. The zero-order valence-corrected chi connectivity index (χ0v) is 22.0. The van der Waals surface area contributed by atoms with E-state index in [1.807, 2.05) is 0 Å². The molecule has 0 heterocycles. The van der Waals surface area contributed by atoms with E-state index in [-0.39, 0.29) is 21.9 Å². The van der Waals surface area contributed by atoms with Crippen LogP contribution in [-0.4, -0.2) is 31.1 Å². The van der Waals surface area contributed by atoms with Crippen molar-refractivity contribution in [1.29, 1.82) is 0 Å². The van der Waals surface area contributed by atoms with Crippen molar-refractivity contribution in [2.24, 2.45) is 5.10 Å². The summed E-state index contributed by atoms with van der Waals surface area (Å²) < 4.78 is 10.6. The molecule has 4 rings (SSSR count). The molecule has 0 unspecified atom stereocenters. The quantitative estimate of drug-likeness (QED) is 0.115. The minimum absolute atomic E-state index is 0.148. The van der Waals surface area contributed by atoms with Crippen LogP contribution in [0.25, 0.3) is 0 Å². The highest BCUT2D eigenvalue weighted by Crippen LogP contribution is 2.24. The van der Waals surface area contributed by atoms with Gasteiger partial charge in [-0.15, -0.1) is 0 Å². The lowest BCUT2D eigenvalue weighted by Crippen LogP contribution is -2.21.